The minimum Gasteiger partial charge on any atom is -0.480 e. The molecular weight excluding hydrogens is 201 g/mol. The van der Waals surface area contributed by atoms with Gasteiger partial charge in [0, 0.05) is 7.11 Å². The number of hydrogen-bond acceptors (Lipinski definition) is 6. The molecule has 0 rings (SSSR count). The van der Waals surface area contributed by atoms with Crippen molar-refractivity contribution in [2.45, 2.75) is 12.5 Å². The molecule has 0 aromatic carbocycles. The molecule has 2 atom stereocenters. The van der Waals surface area contributed by atoms with Gasteiger partial charge < -0.3 is 15.4 Å². The van der Waals surface area contributed by atoms with Crippen molar-refractivity contribution in [2.24, 2.45) is 5.73 Å². The van der Waals surface area contributed by atoms with Crippen molar-refractivity contribution in [3.63, 3.8) is 0 Å². The Kier molecular flexibility index (Phi) is 5.12. The number of rotatable bonds is 6. The van der Waals surface area contributed by atoms with Gasteiger partial charge in [-0.1, -0.05) is 0 Å². The van der Waals surface area contributed by atoms with Crippen molar-refractivity contribution in [2.75, 3.05) is 13.3 Å². The Labute approximate surface area is 74.9 Å². The largest absolute Gasteiger partial charge is 0.480 e. The Morgan fingerprint density at radius 1 is 1.69 bits per heavy atom. The maximum atomic E-state index is 11.1. The predicted molar refractivity (Wildman–Crippen MR) is 43.4 cm³/mol. The average Bonchev–Trinajstić information content (AvgIpc) is 2.13. The molecule has 8 heteroatoms. The number of carboxylic acids is 1. The number of carbonyl (C=O) groups is 1. The summed E-state index contributed by atoms with van der Waals surface area (Å²) in [6.07, 6.45) is -0.339. The van der Waals surface area contributed by atoms with E-state index in [1.54, 1.807) is 0 Å². The molecule has 0 aliphatic rings. The normalized spacial score (nSPS) is 17.8. The molecule has 0 aliphatic carbocycles. The Morgan fingerprint density at radius 3 is 2.54 bits per heavy atom. The van der Waals surface area contributed by atoms with Gasteiger partial charge in [-0.3, -0.25) is 9.36 Å². The predicted octanol–water partition coefficient (Wildman–Crippen LogP) is 0.118. The first-order valence-electron chi connectivity index (χ1n) is 3.41. The number of carboxylic acid groups (broad SMARTS) is 1. The molecule has 0 amide bonds. The molecule has 0 fully saturated rings. The minimum atomic E-state index is -3.56. The minimum absolute atomic E-state index is 0.0962. The van der Waals surface area contributed by atoms with E-state index < -0.39 is 19.6 Å². The average molecular weight is 213 g/mol. The van der Waals surface area contributed by atoms with Gasteiger partial charge in [0.25, 0.3) is 0 Å². The van der Waals surface area contributed by atoms with Crippen LogP contribution >= 0.6 is 7.60 Å². The smallest absolute Gasteiger partial charge is 0.357 e. The highest BCUT2D eigenvalue weighted by Gasteiger charge is 2.25. The highest BCUT2D eigenvalue weighted by molar-refractivity contribution is 7.53. The lowest BCUT2D eigenvalue weighted by molar-refractivity contribution is -0.147. The van der Waals surface area contributed by atoms with Gasteiger partial charge in [0.1, 0.15) is 6.04 Å². The maximum Gasteiger partial charge on any atom is 0.357 e. The van der Waals surface area contributed by atoms with Gasteiger partial charge in [0.05, 0.1) is 6.16 Å². The summed E-state index contributed by atoms with van der Waals surface area (Å²) >= 11 is 0. The summed E-state index contributed by atoms with van der Waals surface area (Å²) in [7, 11) is -2.48. The monoisotopic (exact) mass is 213 g/mol. The molecule has 0 saturated carbocycles. The molecule has 0 spiro atoms. The molecular formula is C5H12NO6P. The van der Waals surface area contributed by atoms with Gasteiger partial charge in [-0.15, -0.1) is 0 Å². The van der Waals surface area contributed by atoms with E-state index in [4.69, 9.17) is 16.1 Å². The molecule has 78 valence electrons. The second-order valence-electron chi connectivity index (χ2n) is 2.33. The van der Waals surface area contributed by atoms with E-state index in [-0.39, 0.29) is 12.6 Å². The Bertz CT molecular complexity index is 211. The molecule has 0 bridgehead atoms. The van der Waals surface area contributed by atoms with Crippen LogP contribution in [0.5, 0.6) is 0 Å². The van der Waals surface area contributed by atoms with Gasteiger partial charge in [0.15, 0.2) is 0 Å². The van der Waals surface area contributed by atoms with Crippen LogP contribution in [0, 0.1) is 0 Å². The van der Waals surface area contributed by atoms with Gasteiger partial charge in [-0.2, -0.15) is 4.67 Å². The van der Waals surface area contributed by atoms with Crippen LogP contribution in [-0.4, -0.2) is 35.6 Å². The lowest BCUT2D eigenvalue weighted by Crippen LogP contribution is -2.31. The van der Waals surface area contributed by atoms with Crippen LogP contribution in [0.15, 0.2) is 0 Å². The van der Waals surface area contributed by atoms with Crippen LogP contribution < -0.4 is 5.73 Å². The van der Waals surface area contributed by atoms with E-state index in [0.29, 0.717) is 0 Å². The SMILES string of the molecule is COP(=O)(CC[C@@H](N)C(=O)O)OO. The molecule has 0 aromatic rings. The first kappa shape index (κ1) is 12.5. The van der Waals surface area contributed by atoms with Gasteiger partial charge in [0.2, 0.25) is 0 Å². The highest BCUT2D eigenvalue weighted by atomic mass is 31.2. The van der Waals surface area contributed by atoms with Crippen LogP contribution in [0.1, 0.15) is 6.42 Å². The summed E-state index contributed by atoms with van der Waals surface area (Å²) in [5.74, 6) is -1.21. The van der Waals surface area contributed by atoms with E-state index in [1.165, 1.54) is 0 Å². The van der Waals surface area contributed by atoms with Crippen molar-refractivity contribution in [1.29, 1.82) is 0 Å². The van der Waals surface area contributed by atoms with Gasteiger partial charge in [-0.25, -0.2) is 5.26 Å². The third-order valence-corrected chi connectivity index (χ3v) is 3.04. The summed E-state index contributed by atoms with van der Waals surface area (Å²) in [4.78, 5) is 10.2. The molecule has 13 heavy (non-hydrogen) atoms. The van der Waals surface area contributed by atoms with E-state index in [2.05, 4.69) is 9.20 Å². The van der Waals surface area contributed by atoms with Crippen LogP contribution in [-0.2, 0) is 18.6 Å². The lowest BCUT2D eigenvalue weighted by atomic mass is 10.2. The first-order valence-corrected chi connectivity index (χ1v) is 5.14. The van der Waals surface area contributed by atoms with E-state index in [0.717, 1.165) is 7.11 Å². The Morgan fingerprint density at radius 2 is 2.23 bits per heavy atom. The van der Waals surface area contributed by atoms with Crippen molar-refractivity contribution in [1.82, 2.24) is 0 Å². The lowest BCUT2D eigenvalue weighted by Gasteiger charge is -2.12. The van der Waals surface area contributed by atoms with Crippen LogP contribution in [0.2, 0.25) is 0 Å². The summed E-state index contributed by atoms with van der Waals surface area (Å²) in [6, 6.07) is -1.14. The molecule has 7 nitrogen and oxygen atoms in total. The molecule has 0 radical (unpaired) electrons. The molecule has 1 unspecified atom stereocenters. The van der Waals surface area contributed by atoms with Crippen molar-refractivity contribution < 1.29 is 28.9 Å². The second-order valence-corrected chi connectivity index (χ2v) is 4.53. The molecule has 0 aromatic heterocycles. The Balaban J connectivity index is 4.00. The van der Waals surface area contributed by atoms with Crippen molar-refractivity contribution in [3.8, 4) is 0 Å². The first-order chi connectivity index (χ1) is 5.95. The topological polar surface area (TPSA) is 119 Å². The fourth-order valence-corrected chi connectivity index (χ4v) is 1.51. The number of hydrogen-bond donors (Lipinski definition) is 3. The number of aliphatic carboxylic acids is 1. The van der Waals surface area contributed by atoms with Crippen molar-refractivity contribution >= 4 is 13.6 Å². The zero-order chi connectivity index (χ0) is 10.5. The fraction of sp³-hybridized carbons (Fsp3) is 0.800. The number of nitrogens with two attached hydrogens (primary N) is 1. The van der Waals surface area contributed by atoms with E-state index in [9.17, 15) is 9.36 Å². The van der Waals surface area contributed by atoms with E-state index >= 15 is 0 Å². The molecule has 4 N–H and O–H groups in total. The van der Waals surface area contributed by atoms with Gasteiger partial charge >= 0.3 is 13.6 Å². The third-order valence-electron chi connectivity index (χ3n) is 1.43. The molecule has 0 aliphatic heterocycles. The zero-order valence-electron chi connectivity index (χ0n) is 7.04. The van der Waals surface area contributed by atoms with Crippen LogP contribution in [0.25, 0.3) is 0 Å². The summed E-state index contributed by atoms with van der Waals surface area (Å²) in [5, 5.41) is 16.5. The third kappa shape index (κ3) is 4.35. The molecule has 0 saturated heterocycles. The van der Waals surface area contributed by atoms with Gasteiger partial charge in [-0.05, 0) is 6.42 Å². The van der Waals surface area contributed by atoms with E-state index in [1.807, 2.05) is 0 Å². The van der Waals surface area contributed by atoms with Crippen molar-refractivity contribution in [3.05, 3.63) is 0 Å². The second kappa shape index (κ2) is 5.31. The summed E-state index contributed by atoms with van der Waals surface area (Å²) < 4.78 is 19.1. The highest BCUT2D eigenvalue weighted by Crippen LogP contribution is 2.46. The van der Waals surface area contributed by atoms with Crippen LogP contribution in [0.3, 0.4) is 0 Å². The summed E-state index contributed by atoms with van der Waals surface area (Å²) in [5.41, 5.74) is 5.12. The quantitative estimate of drug-likeness (QED) is 0.325. The summed E-state index contributed by atoms with van der Waals surface area (Å²) in [6.45, 7) is 0. The fourth-order valence-electron chi connectivity index (χ4n) is 0.586. The molecule has 0 heterocycles. The zero-order valence-corrected chi connectivity index (χ0v) is 7.94. The Hall–Kier alpha value is -0.460. The maximum absolute atomic E-state index is 11.1. The standard InChI is InChI=1S/C5H12NO6P/c1-11-13(10,12-9)3-2-4(6)5(7)8/h4,9H,2-3,6H2,1H3,(H,7,8)/t4-,13?/m1/s1. The van der Waals surface area contributed by atoms with Crippen LogP contribution in [0.4, 0.5) is 0 Å².